The maximum absolute atomic E-state index is 12.4. The van der Waals surface area contributed by atoms with E-state index in [4.69, 9.17) is 0 Å². The van der Waals surface area contributed by atoms with Crippen LogP contribution < -0.4 is 0 Å². The van der Waals surface area contributed by atoms with Crippen molar-refractivity contribution in [3.05, 3.63) is 0 Å². The van der Waals surface area contributed by atoms with Gasteiger partial charge in [-0.2, -0.15) is 13.2 Å². The summed E-state index contributed by atoms with van der Waals surface area (Å²) in [6.07, 6.45) is 2.17. The van der Waals surface area contributed by atoms with Gasteiger partial charge >= 0.3 is 6.30 Å². The predicted octanol–water partition coefficient (Wildman–Crippen LogP) is 3.80. The lowest BCUT2D eigenvalue weighted by Gasteiger charge is -2.52. The second kappa shape index (κ2) is 4.21. The van der Waals surface area contributed by atoms with Crippen LogP contribution in [0.4, 0.5) is 13.2 Å². The van der Waals surface area contributed by atoms with Crippen molar-refractivity contribution in [2.45, 2.75) is 51.7 Å². The summed E-state index contributed by atoms with van der Waals surface area (Å²) in [4.78, 5) is 0.672. The van der Waals surface area contributed by atoms with Gasteiger partial charge in [-0.25, -0.2) is 4.90 Å². The van der Waals surface area contributed by atoms with Crippen LogP contribution in [0.15, 0.2) is 0 Å². The van der Waals surface area contributed by atoms with Crippen LogP contribution >= 0.6 is 0 Å². The summed E-state index contributed by atoms with van der Waals surface area (Å²) in [7, 11) is 0. The molecule has 1 aliphatic heterocycles. The van der Waals surface area contributed by atoms with Gasteiger partial charge in [-0.3, -0.25) is 0 Å². The fourth-order valence-corrected chi connectivity index (χ4v) is 3.42. The first kappa shape index (κ1) is 12.2. The third-order valence-corrected chi connectivity index (χ3v) is 4.32. The molecule has 94 valence electrons. The molecule has 0 aromatic heterocycles. The predicted molar refractivity (Wildman–Crippen MR) is 56.9 cm³/mol. The summed E-state index contributed by atoms with van der Waals surface area (Å²) >= 11 is 0. The Morgan fingerprint density at radius 1 is 1.19 bits per heavy atom. The Balaban J connectivity index is 1.79. The highest BCUT2D eigenvalue weighted by Gasteiger charge is 2.49. The molecule has 1 saturated carbocycles. The van der Waals surface area contributed by atoms with E-state index in [0.29, 0.717) is 4.90 Å². The summed E-state index contributed by atoms with van der Waals surface area (Å²) < 4.78 is 37.3. The van der Waals surface area contributed by atoms with Crippen molar-refractivity contribution in [1.82, 2.24) is 4.90 Å². The van der Waals surface area contributed by atoms with E-state index in [9.17, 15) is 13.2 Å². The SMILES string of the molecule is CCCC1CC2(CCN(C(F)(F)F)CC2)C1. The van der Waals surface area contributed by atoms with Crippen LogP contribution in [0.3, 0.4) is 0 Å². The summed E-state index contributed by atoms with van der Waals surface area (Å²) in [5.41, 5.74) is 0.279. The lowest BCUT2D eigenvalue weighted by molar-refractivity contribution is -0.258. The first-order valence-corrected chi connectivity index (χ1v) is 6.27. The summed E-state index contributed by atoms with van der Waals surface area (Å²) in [5.74, 6) is 0.794. The molecule has 0 atom stereocenters. The number of rotatable bonds is 2. The largest absolute Gasteiger partial charge is 0.459 e. The van der Waals surface area contributed by atoms with Gasteiger partial charge in [0.1, 0.15) is 0 Å². The Kier molecular flexibility index (Phi) is 3.21. The van der Waals surface area contributed by atoms with Crippen LogP contribution in [-0.4, -0.2) is 24.3 Å². The van der Waals surface area contributed by atoms with E-state index in [2.05, 4.69) is 6.92 Å². The number of hydrogen-bond acceptors (Lipinski definition) is 1. The summed E-state index contributed by atoms with van der Waals surface area (Å²) in [6, 6.07) is 0. The highest BCUT2D eigenvalue weighted by molar-refractivity contribution is 4.96. The fraction of sp³-hybridized carbons (Fsp3) is 1.00. The third-order valence-electron chi connectivity index (χ3n) is 4.32. The quantitative estimate of drug-likeness (QED) is 0.658. The highest BCUT2D eigenvalue weighted by Crippen LogP contribution is 2.54. The van der Waals surface area contributed by atoms with Gasteiger partial charge in [-0.05, 0) is 37.0 Å². The molecule has 4 heteroatoms. The highest BCUT2D eigenvalue weighted by atomic mass is 19.4. The second-order valence-electron chi connectivity index (χ2n) is 5.52. The average Bonchev–Trinajstić information content (AvgIpc) is 2.15. The monoisotopic (exact) mass is 235 g/mol. The Morgan fingerprint density at radius 2 is 1.75 bits per heavy atom. The van der Waals surface area contributed by atoms with Crippen molar-refractivity contribution < 1.29 is 13.2 Å². The molecular weight excluding hydrogens is 215 g/mol. The molecule has 0 bridgehead atoms. The minimum absolute atomic E-state index is 0.211. The van der Waals surface area contributed by atoms with Crippen LogP contribution in [0.25, 0.3) is 0 Å². The van der Waals surface area contributed by atoms with Crippen LogP contribution in [0, 0.1) is 11.3 Å². The molecular formula is C12H20F3N. The molecule has 1 saturated heterocycles. The maximum atomic E-state index is 12.4. The normalized spacial score (nSPS) is 27.0. The molecule has 0 aromatic rings. The molecule has 0 amide bonds. The number of nitrogens with zero attached hydrogens (tertiary/aromatic N) is 1. The van der Waals surface area contributed by atoms with Crippen molar-refractivity contribution in [2.75, 3.05) is 13.1 Å². The number of piperidine rings is 1. The standard InChI is InChI=1S/C12H20F3N/c1-2-3-10-8-11(9-10)4-6-16(7-5-11)12(13,14)15/h10H,2-9H2,1H3. The molecule has 1 aliphatic carbocycles. The lowest BCUT2D eigenvalue weighted by atomic mass is 9.56. The molecule has 16 heavy (non-hydrogen) atoms. The molecule has 2 aliphatic rings. The lowest BCUT2D eigenvalue weighted by Crippen LogP contribution is -2.51. The van der Waals surface area contributed by atoms with Gasteiger partial charge in [-0.15, -0.1) is 0 Å². The topological polar surface area (TPSA) is 3.24 Å². The number of likely N-dealkylation sites (tertiary alicyclic amines) is 1. The fourth-order valence-electron chi connectivity index (χ4n) is 3.42. The molecule has 0 aromatic carbocycles. The molecule has 0 unspecified atom stereocenters. The molecule has 1 spiro atoms. The van der Waals surface area contributed by atoms with E-state index in [1.165, 1.54) is 25.7 Å². The Morgan fingerprint density at radius 3 is 2.19 bits per heavy atom. The van der Waals surface area contributed by atoms with Gasteiger partial charge in [0.2, 0.25) is 0 Å². The second-order valence-corrected chi connectivity index (χ2v) is 5.52. The van der Waals surface area contributed by atoms with E-state index >= 15 is 0 Å². The number of alkyl halides is 3. The minimum Gasteiger partial charge on any atom is -0.214 e. The smallest absolute Gasteiger partial charge is 0.214 e. The average molecular weight is 235 g/mol. The Hall–Kier alpha value is -0.250. The summed E-state index contributed by atoms with van der Waals surface area (Å²) in [6.45, 7) is 2.60. The molecule has 2 fully saturated rings. The van der Waals surface area contributed by atoms with E-state index in [0.717, 1.165) is 18.8 Å². The van der Waals surface area contributed by atoms with E-state index in [-0.39, 0.29) is 18.5 Å². The molecule has 0 radical (unpaired) electrons. The van der Waals surface area contributed by atoms with Crippen LogP contribution in [0.2, 0.25) is 0 Å². The van der Waals surface area contributed by atoms with Crippen molar-refractivity contribution in [2.24, 2.45) is 11.3 Å². The Labute approximate surface area is 95.0 Å². The van der Waals surface area contributed by atoms with Crippen molar-refractivity contribution >= 4 is 0 Å². The van der Waals surface area contributed by atoms with E-state index < -0.39 is 6.30 Å². The zero-order valence-electron chi connectivity index (χ0n) is 9.82. The van der Waals surface area contributed by atoms with Gasteiger partial charge in [0.25, 0.3) is 0 Å². The van der Waals surface area contributed by atoms with E-state index in [1.54, 1.807) is 0 Å². The van der Waals surface area contributed by atoms with Gasteiger partial charge in [-0.1, -0.05) is 19.8 Å². The van der Waals surface area contributed by atoms with E-state index in [1.807, 2.05) is 0 Å². The zero-order chi connectivity index (χ0) is 11.8. The first-order valence-electron chi connectivity index (χ1n) is 6.27. The van der Waals surface area contributed by atoms with Crippen LogP contribution in [0.5, 0.6) is 0 Å². The molecule has 1 nitrogen and oxygen atoms in total. The summed E-state index contributed by atoms with van der Waals surface area (Å²) in [5, 5.41) is 0. The zero-order valence-corrected chi connectivity index (χ0v) is 9.82. The van der Waals surface area contributed by atoms with Crippen molar-refractivity contribution in [3.63, 3.8) is 0 Å². The molecule has 2 rings (SSSR count). The first-order chi connectivity index (χ1) is 7.45. The van der Waals surface area contributed by atoms with Crippen molar-refractivity contribution in [3.8, 4) is 0 Å². The van der Waals surface area contributed by atoms with Crippen molar-refractivity contribution in [1.29, 1.82) is 0 Å². The maximum Gasteiger partial charge on any atom is 0.459 e. The molecule has 0 N–H and O–H groups in total. The van der Waals surface area contributed by atoms with Gasteiger partial charge in [0.05, 0.1) is 0 Å². The van der Waals surface area contributed by atoms with Gasteiger partial charge in [0, 0.05) is 13.1 Å². The van der Waals surface area contributed by atoms with Gasteiger partial charge < -0.3 is 0 Å². The minimum atomic E-state index is -4.12. The van der Waals surface area contributed by atoms with Crippen LogP contribution in [-0.2, 0) is 0 Å². The van der Waals surface area contributed by atoms with Crippen LogP contribution in [0.1, 0.15) is 45.4 Å². The third kappa shape index (κ3) is 2.36. The number of hydrogen-bond donors (Lipinski definition) is 0. The van der Waals surface area contributed by atoms with Gasteiger partial charge in [0.15, 0.2) is 0 Å². The molecule has 1 heterocycles. The number of halogens is 3. The Bertz CT molecular complexity index is 233.